The van der Waals surface area contributed by atoms with Crippen LogP contribution in [0.5, 0.6) is 0 Å². The van der Waals surface area contributed by atoms with Gasteiger partial charge in [0.25, 0.3) is 0 Å². The van der Waals surface area contributed by atoms with Crippen LogP contribution in [-0.2, 0) is 0 Å². The number of hydrogen-bond acceptors (Lipinski definition) is 2. The zero-order chi connectivity index (χ0) is 17.1. The number of rotatable bonds is 4. The summed E-state index contributed by atoms with van der Waals surface area (Å²) in [6.45, 7) is 1.07. The number of benzene rings is 1. The lowest BCUT2D eigenvalue weighted by Gasteiger charge is -2.28. The Labute approximate surface area is 129 Å². The first kappa shape index (κ1) is 18.5. The van der Waals surface area contributed by atoms with Crippen LogP contribution in [0.25, 0.3) is 0 Å². The molecular formula is C13H15ClF4N2O2. The van der Waals surface area contributed by atoms with E-state index in [1.165, 1.54) is 14.0 Å². The second kappa shape index (κ2) is 7.15. The summed E-state index contributed by atoms with van der Waals surface area (Å²) in [5.41, 5.74) is -0.391. The fourth-order valence-corrected chi connectivity index (χ4v) is 1.78. The summed E-state index contributed by atoms with van der Waals surface area (Å²) >= 11 is 5.48. The maximum Gasteiger partial charge on any atom is 0.412 e. The molecule has 2 amide bonds. The summed E-state index contributed by atoms with van der Waals surface area (Å²) in [5.74, 6) is -0.858. The second-order valence-electron chi connectivity index (χ2n) is 4.74. The quantitative estimate of drug-likeness (QED) is 0.826. The van der Waals surface area contributed by atoms with Crippen LogP contribution < -0.4 is 5.32 Å². The summed E-state index contributed by atoms with van der Waals surface area (Å²) in [5, 5.41) is 10.3. The molecule has 1 unspecified atom stereocenters. The van der Waals surface area contributed by atoms with E-state index in [0.29, 0.717) is 0 Å². The van der Waals surface area contributed by atoms with Crippen molar-refractivity contribution in [1.29, 1.82) is 0 Å². The van der Waals surface area contributed by atoms with Crippen LogP contribution in [0.3, 0.4) is 0 Å². The van der Waals surface area contributed by atoms with Gasteiger partial charge in [-0.25, -0.2) is 9.18 Å². The normalized spacial score (nSPS) is 14.4. The van der Waals surface area contributed by atoms with Gasteiger partial charge in [0.1, 0.15) is 5.82 Å². The fourth-order valence-electron chi connectivity index (χ4n) is 1.59. The van der Waals surface area contributed by atoms with Gasteiger partial charge in [0.15, 0.2) is 6.04 Å². The van der Waals surface area contributed by atoms with Crippen molar-refractivity contribution in [2.75, 3.05) is 13.7 Å². The highest BCUT2D eigenvalue weighted by Gasteiger charge is 2.42. The zero-order valence-corrected chi connectivity index (χ0v) is 12.5. The van der Waals surface area contributed by atoms with E-state index in [0.717, 1.165) is 23.1 Å². The summed E-state index contributed by atoms with van der Waals surface area (Å²) in [6, 6.07) is -1.52. The standard InChI is InChI=1S/C13H15ClF4N2O2/c1-7(6-21)20(2)12(22)19-11(13(16,17)18)8-3-4-10(15)9(14)5-8/h3-5,7,11,21H,6H2,1-2H3,(H,19,22)/t7-,11?/m1/s1. The number of aliphatic hydroxyl groups is 1. The summed E-state index contributed by atoms with van der Waals surface area (Å²) in [6.07, 6.45) is -4.79. The summed E-state index contributed by atoms with van der Waals surface area (Å²) in [7, 11) is 1.25. The lowest BCUT2D eigenvalue weighted by atomic mass is 10.1. The van der Waals surface area contributed by atoms with E-state index in [1.807, 2.05) is 0 Å². The van der Waals surface area contributed by atoms with Gasteiger partial charge in [0.2, 0.25) is 0 Å². The highest BCUT2D eigenvalue weighted by molar-refractivity contribution is 6.30. The van der Waals surface area contributed by atoms with Gasteiger partial charge in [-0.3, -0.25) is 0 Å². The Morgan fingerprint density at radius 2 is 2.05 bits per heavy atom. The number of hydrogen-bond donors (Lipinski definition) is 2. The number of carbonyl (C=O) groups excluding carboxylic acids is 1. The minimum atomic E-state index is -4.79. The average Bonchev–Trinajstić information content (AvgIpc) is 2.44. The Hall–Kier alpha value is -1.54. The number of alkyl halides is 3. The molecule has 1 aromatic carbocycles. The van der Waals surface area contributed by atoms with Gasteiger partial charge in [-0.1, -0.05) is 17.7 Å². The molecule has 0 heterocycles. The number of nitrogens with zero attached hydrogens (tertiary/aromatic N) is 1. The Bertz CT molecular complexity index is 539. The van der Waals surface area contributed by atoms with E-state index in [1.54, 1.807) is 5.32 Å². The minimum Gasteiger partial charge on any atom is -0.394 e. The molecule has 4 nitrogen and oxygen atoms in total. The predicted molar refractivity (Wildman–Crippen MR) is 73.0 cm³/mol. The first-order valence-electron chi connectivity index (χ1n) is 6.23. The van der Waals surface area contributed by atoms with Crippen LogP contribution in [0.1, 0.15) is 18.5 Å². The predicted octanol–water partition coefficient (Wildman–Crippen LogP) is 3.10. The van der Waals surface area contributed by atoms with Crippen LogP contribution in [0.15, 0.2) is 18.2 Å². The molecule has 1 aromatic rings. The Morgan fingerprint density at radius 3 is 2.50 bits per heavy atom. The van der Waals surface area contributed by atoms with Crippen molar-refractivity contribution in [2.24, 2.45) is 0 Å². The molecular weight excluding hydrogens is 328 g/mol. The maximum absolute atomic E-state index is 13.1. The monoisotopic (exact) mass is 342 g/mol. The van der Waals surface area contributed by atoms with Crippen molar-refractivity contribution in [3.8, 4) is 0 Å². The third kappa shape index (κ3) is 4.48. The lowest BCUT2D eigenvalue weighted by molar-refractivity contribution is -0.155. The van der Waals surface area contributed by atoms with Crippen LogP contribution in [0, 0.1) is 5.82 Å². The number of amides is 2. The van der Waals surface area contributed by atoms with Gasteiger partial charge >= 0.3 is 12.2 Å². The number of carbonyl (C=O) groups is 1. The van der Waals surface area contributed by atoms with E-state index in [-0.39, 0.29) is 0 Å². The highest BCUT2D eigenvalue weighted by atomic mass is 35.5. The number of halogens is 5. The molecule has 0 bridgehead atoms. The summed E-state index contributed by atoms with van der Waals surface area (Å²) < 4.78 is 52.4. The van der Waals surface area contributed by atoms with Crippen molar-refractivity contribution < 1.29 is 27.5 Å². The van der Waals surface area contributed by atoms with E-state index < -0.39 is 47.3 Å². The molecule has 9 heteroatoms. The third-order valence-electron chi connectivity index (χ3n) is 3.12. The molecule has 1 rings (SSSR count). The summed E-state index contributed by atoms with van der Waals surface area (Å²) in [4.78, 5) is 12.8. The average molecular weight is 343 g/mol. The van der Waals surface area contributed by atoms with Crippen molar-refractivity contribution in [2.45, 2.75) is 25.2 Å². The largest absolute Gasteiger partial charge is 0.412 e. The molecule has 0 aromatic heterocycles. The SMILES string of the molecule is C[C@H](CO)N(C)C(=O)NC(c1ccc(F)c(Cl)c1)C(F)(F)F. The first-order chi connectivity index (χ1) is 10.1. The molecule has 0 aliphatic rings. The Balaban J connectivity index is 3.05. The number of nitrogens with one attached hydrogen (secondary N) is 1. The Kier molecular flexibility index (Phi) is 6.01. The van der Waals surface area contributed by atoms with Crippen molar-refractivity contribution in [3.63, 3.8) is 0 Å². The molecule has 22 heavy (non-hydrogen) atoms. The van der Waals surface area contributed by atoms with Gasteiger partial charge in [0, 0.05) is 7.05 Å². The topological polar surface area (TPSA) is 52.6 Å². The second-order valence-corrected chi connectivity index (χ2v) is 5.15. The van der Waals surface area contributed by atoms with Crippen LogP contribution in [0.4, 0.5) is 22.4 Å². The highest BCUT2D eigenvalue weighted by Crippen LogP contribution is 2.34. The van der Waals surface area contributed by atoms with Crippen molar-refractivity contribution in [1.82, 2.24) is 10.2 Å². The molecule has 2 N–H and O–H groups in total. The van der Waals surface area contributed by atoms with Gasteiger partial charge in [-0.2, -0.15) is 13.2 Å². The molecule has 0 saturated carbocycles. The molecule has 0 spiro atoms. The van der Waals surface area contributed by atoms with Crippen LogP contribution in [-0.4, -0.2) is 41.9 Å². The number of urea groups is 1. The van der Waals surface area contributed by atoms with Gasteiger partial charge in [-0.05, 0) is 24.6 Å². The van der Waals surface area contributed by atoms with E-state index in [4.69, 9.17) is 16.7 Å². The molecule has 0 aliphatic carbocycles. The third-order valence-corrected chi connectivity index (χ3v) is 3.41. The molecule has 0 radical (unpaired) electrons. The molecule has 124 valence electrons. The lowest BCUT2D eigenvalue weighted by Crippen LogP contribution is -2.48. The maximum atomic E-state index is 13.1. The smallest absolute Gasteiger partial charge is 0.394 e. The van der Waals surface area contributed by atoms with Crippen LogP contribution in [0.2, 0.25) is 5.02 Å². The molecule has 2 atom stereocenters. The first-order valence-corrected chi connectivity index (χ1v) is 6.61. The van der Waals surface area contributed by atoms with Crippen LogP contribution >= 0.6 is 11.6 Å². The number of likely N-dealkylation sites (N-methyl/N-ethyl adjacent to an activating group) is 1. The van der Waals surface area contributed by atoms with Gasteiger partial charge in [0.05, 0.1) is 17.7 Å². The van der Waals surface area contributed by atoms with Gasteiger partial charge < -0.3 is 15.3 Å². The Morgan fingerprint density at radius 1 is 1.45 bits per heavy atom. The molecule has 0 saturated heterocycles. The molecule has 0 aliphatic heterocycles. The van der Waals surface area contributed by atoms with E-state index in [2.05, 4.69) is 0 Å². The van der Waals surface area contributed by atoms with Gasteiger partial charge in [-0.15, -0.1) is 0 Å². The van der Waals surface area contributed by atoms with E-state index in [9.17, 15) is 22.4 Å². The van der Waals surface area contributed by atoms with Crippen molar-refractivity contribution >= 4 is 17.6 Å². The zero-order valence-electron chi connectivity index (χ0n) is 11.8. The fraction of sp³-hybridized carbons (Fsp3) is 0.462. The molecule has 0 fully saturated rings. The van der Waals surface area contributed by atoms with Crippen molar-refractivity contribution in [3.05, 3.63) is 34.6 Å². The minimum absolute atomic E-state index is 0.391. The number of aliphatic hydroxyl groups excluding tert-OH is 1. The van der Waals surface area contributed by atoms with E-state index >= 15 is 0 Å².